The Kier molecular flexibility index (Phi) is 9.22. The fourth-order valence-electron chi connectivity index (χ4n) is 4.24. The van der Waals surface area contributed by atoms with E-state index in [9.17, 15) is 14.7 Å². The Morgan fingerprint density at radius 2 is 1.82 bits per heavy atom. The van der Waals surface area contributed by atoms with Crippen molar-refractivity contribution in [1.82, 2.24) is 14.8 Å². The van der Waals surface area contributed by atoms with Crippen molar-refractivity contribution in [1.29, 1.82) is 0 Å². The van der Waals surface area contributed by atoms with Gasteiger partial charge in [0.05, 0.1) is 18.2 Å². The number of hydrogen-bond acceptors (Lipinski definition) is 6. The van der Waals surface area contributed by atoms with Crippen LogP contribution < -0.4 is 4.74 Å². The van der Waals surface area contributed by atoms with Crippen LogP contribution in [0.25, 0.3) is 5.76 Å². The minimum atomic E-state index is -0.681. The number of ether oxygens (including phenoxy) is 1. The average molecular weight is 466 g/mol. The van der Waals surface area contributed by atoms with Gasteiger partial charge < -0.3 is 19.6 Å². The number of hydrogen-bond donors (Lipinski definition) is 1. The highest BCUT2D eigenvalue weighted by atomic mass is 16.5. The zero-order chi connectivity index (χ0) is 24.5. The highest BCUT2D eigenvalue weighted by Gasteiger charge is 2.45. The van der Waals surface area contributed by atoms with Gasteiger partial charge in [-0.25, -0.2) is 0 Å². The lowest BCUT2D eigenvalue weighted by atomic mass is 9.95. The lowest BCUT2D eigenvalue weighted by Crippen LogP contribution is -2.33. The molecule has 7 nitrogen and oxygen atoms in total. The number of nitrogens with zero attached hydrogens (tertiary/aromatic N) is 3. The van der Waals surface area contributed by atoms with Crippen LogP contribution in [0, 0.1) is 0 Å². The van der Waals surface area contributed by atoms with Crippen LogP contribution >= 0.6 is 0 Å². The first-order valence-corrected chi connectivity index (χ1v) is 12.2. The molecule has 1 saturated heterocycles. The van der Waals surface area contributed by atoms with Gasteiger partial charge in [-0.3, -0.25) is 14.6 Å². The second-order valence-corrected chi connectivity index (χ2v) is 8.38. The van der Waals surface area contributed by atoms with Gasteiger partial charge in [0, 0.05) is 24.5 Å². The number of rotatable bonds is 12. The molecule has 1 aromatic heterocycles. The Morgan fingerprint density at radius 3 is 2.50 bits per heavy atom. The second kappa shape index (κ2) is 12.3. The third-order valence-corrected chi connectivity index (χ3v) is 6.20. The molecule has 0 radical (unpaired) electrons. The van der Waals surface area contributed by atoms with E-state index in [0.29, 0.717) is 24.5 Å². The number of pyridine rings is 1. The minimum absolute atomic E-state index is 0.102. The first-order chi connectivity index (χ1) is 16.5. The van der Waals surface area contributed by atoms with Crippen molar-refractivity contribution in [3.63, 3.8) is 0 Å². The summed E-state index contributed by atoms with van der Waals surface area (Å²) in [5.41, 5.74) is 1.30. The molecule has 1 unspecified atom stereocenters. The standard InChI is InChI=1S/C27H35N3O4/c1-4-7-18-34-22-11-8-10-21(19-22)24-23(25(31)20-12-14-28-15-13-20)26(32)27(33)30(24)17-9-16-29(5-2)6-3/h8,10-15,19,24,31H,4-7,9,16-18H2,1-3H3. The van der Waals surface area contributed by atoms with Gasteiger partial charge in [-0.05, 0) is 62.3 Å². The first-order valence-electron chi connectivity index (χ1n) is 12.2. The van der Waals surface area contributed by atoms with E-state index in [1.807, 2.05) is 24.3 Å². The van der Waals surface area contributed by atoms with Crippen molar-refractivity contribution in [3.8, 4) is 5.75 Å². The molecule has 1 aliphatic heterocycles. The lowest BCUT2D eigenvalue weighted by Gasteiger charge is -2.27. The van der Waals surface area contributed by atoms with Gasteiger partial charge in [0.25, 0.3) is 11.7 Å². The zero-order valence-electron chi connectivity index (χ0n) is 20.4. The van der Waals surface area contributed by atoms with Gasteiger partial charge in [0.15, 0.2) is 0 Å². The fourth-order valence-corrected chi connectivity index (χ4v) is 4.24. The maximum Gasteiger partial charge on any atom is 0.295 e. The highest BCUT2D eigenvalue weighted by Crippen LogP contribution is 2.40. The smallest absolute Gasteiger partial charge is 0.295 e. The number of aromatic nitrogens is 1. The summed E-state index contributed by atoms with van der Waals surface area (Å²) in [6.07, 6.45) is 5.79. The van der Waals surface area contributed by atoms with E-state index < -0.39 is 17.7 Å². The van der Waals surface area contributed by atoms with E-state index >= 15 is 0 Å². The molecular formula is C27H35N3O4. The van der Waals surface area contributed by atoms with Crippen LogP contribution in [0.3, 0.4) is 0 Å². The van der Waals surface area contributed by atoms with Crippen LogP contribution in [-0.2, 0) is 9.59 Å². The quantitative estimate of drug-likeness (QED) is 0.216. The number of carbonyl (C=O) groups is 2. The van der Waals surface area contributed by atoms with Crippen molar-refractivity contribution in [2.24, 2.45) is 0 Å². The third-order valence-electron chi connectivity index (χ3n) is 6.20. The topological polar surface area (TPSA) is 83.0 Å². The van der Waals surface area contributed by atoms with Gasteiger partial charge in [0.2, 0.25) is 0 Å². The van der Waals surface area contributed by atoms with Crippen molar-refractivity contribution in [2.45, 2.75) is 46.1 Å². The van der Waals surface area contributed by atoms with Crippen molar-refractivity contribution >= 4 is 17.4 Å². The summed E-state index contributed by atoms with van der Waals surface area (Å²) in [6, 6.07) is 10.0. The number of likely N-dealkylation sites (tertiary alicyclic amines) is 1. The number of unbranched alkanes of at least 4 members (excludes halogenated alkanes) is 1. The number of carbonyl (C=O) groups excluding carboxylic acids is 2. The van der Waals surface area contributed by atoms with Crippen molar-refractivity contribution in [3.05, 3.63) is 65.5 Å². The molecule has 1 N–H and O–H groups in total. The largest absolute Gasteiger partial charge is 0.507 e. The van der Waals surface area contributed by atoms with Crippen LogP contribution in [0.5, 0.6) is 5.75 Å². The molecule has 34 heavy (non-hydrogen) atoms. The summed E-state index contributed by atoms with van der Waals surface area (Å²) >= 11 is 0. The van der Waals surface area contributed by atoms with Crippen molar-refractivity contribution in [2.75, 3.05) is 32.8 Å². The molecule has 1 aromatic carbocycles. The van der Waals surface area contributed by atoms with E-state index in [1.54, 1.807) is 29.4 Å². The van der Waals surface area contributed by atoms with Gasteiger partial charge in [-0.1, -0.05) is 39.3 Å². The summed E-state index contributed by atoms with van der Waals surface area (Å²) in [7, 11) is 0. The molecule has 1 atom stereocenters. The van der Waals surface area contributed by atoms with Gasteiger partial charge >= 0.3 is 0 Å². The summed E-state index contributed by atoms with van der Waals surface area (Å²) < 4.78 is 5.88. The molecule has 182 valence electrons. The predicted octanol–water partition coefficient (Wildman–Crippen LogP) is 4.41. The zero-order valence-corrected chi connectivity index (χ0v) is 20.4. The van der Waals surface area contributed by atoms with Gasteiger partial charge in [0.1, 0.15) is 11.5 Å². The molecule has 7 heteroatoms. The molecule has 0 bridgehead atoms. The number of Topliss-reactive ketones (excluding diaryl/α,β-unsaturated/α-hetero) is 1. The summed E-state index contributed by atoms with van der Waals surface area (Å²) in [4.78, 5) is 34.1. The molecular weight excluding hydrogens is 430 g/mol. The fraction of sp³-hybridized carbons (Fsp3) is 0.444. The third kappa shape index (κ3) is 5.83. The van der Waals surface area contributed by atoms with Crippen LogP contribution in [-0.4, -0.2) is 64.4 Å². The Bertz CT molecular complexity index is 1000. The molecule has 0 aliphatic carbocycles. The SMILES string of the molecule is CCCCOc1cccc(C2C(=C(O)c3ccncc3)C(=O)C(=O)N2CCCN(CC)CC)c1. The van der Waals surface area contributed by atoms with E-state index in [2.05, 4.69) is 30.7 Å². The van der Waals surface area contributed by atoms with Crippen LogP contribution in [0.2, 0.25) is 0 Å². The highest BCUT2D eigenvalue weighted by molar-refractivity contribution is 6.46. The lowest BCUT2D eigenvalue weighted by molar-refractivity contribution is -0.140. The van der Waals surface area contributed by atoms with Crippen molar-refractivity contribution < 1.29 is 19.4 Å². The number of ketones is 1. The molecule has 0 spiro atoms. The van der Waals surface area contributed by atoms with E-state index in [1.165, 1.54) is 0 Å². The maximum absolute atomic E-state index is 13.2. The minimum Gasteiger partial charge on any atom is -0.507 e. The number of benzene rings is 1. The molecule has 3 rings (SSSR count). The average Bonchev–Trinajstić information content (AvgIpc) is 3.12. The monoisotopic (exact) mass is 465 g/mol. The summed E-state index contributed by atoms with van der Waals surface area (Å²) in [5.74, 6) is -0.755. The summed E-state index contributed by atoms with van der Waals surface area (Å²) in [6.45, 7) is 10.0. The van der Waals surface area contributed by atoms with Gasteiger partial charge in [-0.2, -0.15) is 0 Å². The van der Waals surface area contributed by atoms with Crippen LogP contribution in [0.4, 0.5) is 0 Å². The number of aliphatic hydroxyl groups excluding tert-OH is 1. The van der Waals surface area contributed by atoms with E-state index in [-0.39, 0.29) is 11.3 Å². The second-order valence-electron chi connectivity index (χ2n) is 8.38. The Morgan fingerprint density at radius 1 is 1.09 bits per heavy atom. The van der Waals surface area contributed by atoms with E-state index in [4.69, 9.17) is 4.74 Å². The number of aliphatic hydroxyl groups is 1. The maximum atomic E-state index is 13.2. The molecule has 1 aliphatic rings. The van der Waals surface area contributed by atoms with E-state index in [0.717, 1.165) is 44.5 Å². The molecule has 1 fully saturated rings. The normalized spacial score (nSPS) is 17.5. The Labute approximate surface area is 202 Å². The molecule has 2 heterocycles. The van der Waals surface area contributed by atoms with Gasteiger partial charge in [-0.15, -0.1) is 0 Å². The van der Waals surface area contributed by atoms with Crippen LogP contribution in [0.1, 0.15) is 57.2 Å². The first kappa shape index (κ1) is 25.4. The molecule has 2 aromatic rings. The van der Waals surface area contributed by atoms with Crippen LogP contribution in [0.15, 0.2) is 54.4 Å². The molecule has 0 saturated carbocycles. The number of amides is 1. The predicted molar refractivity (Wildman–Crippen MR) is 132 cm³/mol. The summed E-state index contributed by atoms with van der Waals surface area (Å²) in [5, 5.41) is 11.1. The Hall–Kier alpha value is -3.19. The molecule has 1 amide bonds. The Balaban J connectivity index is 1.99.